The molecule has 4 heteroatoms. The van der Waals surface area contributed by atoms with Crippen molar-refractivity contribution in [3.05, 3.63) is 46.0 Å². The van der Waals surface area contributed by atoms with Crippen LogP contribution in [0.4, 0.5) is 11.4 Å². The van der Waals surface area contributed by atoms with E-state index >= 15 is 0 Å². The van der Waals surface area contributed by atoms with Gasteiger partial charge in [0.1, 0.15) is 0 Å². The van der Waals surface area contributed by atoms with Crippen LogP contribution in [0.15, 0.2) is 30.4 Å². The fourth-order valence-electron chi connectivity index (χ4n) is 3.66. The molecule has 2 aliphatic carbocycles. The van der Waals surface area contributed by atoms with Crippen LogP contribution in [0.25, 0.3) is 0 Å². The minimum atomic E-state index is -0.314. The van der Waals surface area contributed by atoms with E-state index < -0.39 is 0 Å². The Bertz CT molecular complexity index is 568. The molecule has 4 nitrogen and oxygen atoms in total. The second-order valence-corrected chi connectivity index (χ2v) is 6.14. The van der Waals surface area contributed by atoms with Crippen molar-refractivity contribution in [3.8, 4) is 0 Å². The van der Waals surface area contributed by atoms with Crippen LogP contribution >= 0.6 is 0 Å². The number of benzene rings is 1. The van der Waals surface area contributed by atoms with Gasteiger partial charge in [0, 0.05) is 23.4 Å². The van der Waals surface area contributed by atoms with E-state index in [2.05, 4.69) is 24.4 Å². The quantitative estimate of drug-likeness (QED) is 0.513. The molecule has 4 atom stereocenters. The summed E-state index contributed by atoms with van der Waals surface area (Å²) in [5.41, 5.74) is 1.74. The third-order valence-electron chi connectivity index (χ3n) is 4.77. The molecule has 4 unspecified atom stereocenters. The van der Waals surface area contributed by atoms with Gasteiger partial charge in [0.15, 0.2) is 0 Å². The van der Waals surface area contributed by atoms with E-state index in [0.29, 0.717) is 23.4 Å². The van der Waals surface area contributed by atoms with Crippen LogP contribution in [-0.4, -0.2) is 11.0 Å². The van der Waals surface area contributed by atoms with Crippen molar-refractivity contribution < 1.29 is 4.92 Å². The van der Waals surface area contributed by atoms with Crippen LogP contribution < -0.4 is 5.32 Å². The van der Waals surface area contributed by atoms with Crippen LogP contribution in [0.1, 0.15) is 25.3 Å². The highest BCUT2D eigenvalue weighted by atomic mass is 16.6. The first-order valence-electron chi connectivity index (χ1n) is 7.24. The van der Waals surface area contributed by atoms with E-state index in [9.17, 15) is 10.1 Å². The van der Waals surface area contributed by atoms with Crippen molar-refractivity contribution in [2.24, 2.45) is 17.8 Å². The highest BCUT2D eigenvalue weighted by Crippen LogP contribution is 2.45. The van der Waals surface area contributed by atoms with Gasteiger partial charge in [-0.1, -0.05) is 18.2 Å². The summed E-state index contributed by atoms with van der Waals surface area (Å²) < 4.78 is 0. The van der Waals surface area contributed by atoms with Gasteiger partial charge in [-0.05, 0) is 50.5 Å². The molecule has 0 aromatic heterocycles. The molecule has 2 aliphatic rings. The van der Waals surface area contributed by atoms with Crippen molar-refractivity contribution in [2.75, 3.05) is 5.32 Å². The standard InChI is InChI=1S/C16H20N2O2/c1-10-3-6-14(9-16(10)18(19)20)17-11(2)15-8-12-4-5-13(15)7-12/h3-6,9,11-13,15,17H,7-8H2,1-2H3. The van der Waals surface area contributed by atoms with Gasteiger partial charge in [-0.25, -0.2) is 0 Å². The van der Waals surface area contributed by atoms with Crippen LogP contribution in [0.5, 0.6) is 0 Å². The van der Waals surface area contributed by atoms with Crippen molar-refractivity contribution in [3.63, 3.8) is 0 Å². The summed E-state index contributed by atoms with van der Waals surface area (Å²) in [6.45, 7) is 3.96. The van der Waals surface area contributed by atoms with E-state index in [1.54, 1.807) is 13.0 Å². The van der Waals surface area contributed by atoms with Crippen LogP contribution in [0, 0.1) is 34.8 Å². The van der Waals surface area contributed by atoms with E-state index in [-0.39, 0.29) is 10.6 Å². The Balaban J connectivity index is 1.73. The van der Waals surface area contributed by atoms with E-state index in [0.717, 1.165) is 11.6 Å². The molecule has 0 amide bonds. The van der Waals surface area contributed by atoms with Crippen LogP contribution in [0.3, 0.4) is 0 Å². The monoisotopic (exact) mass is 272 g/mol. The predicted octanol–water partition coefficient (Wildman–Crippen LogP) is 3.92. The van der Waals surface area contributed by atoms with Crippen LogP contribution in [0.2, 0.25) is 0 Å². The molecule has 1 aromatic carbocycles. The Hall–Kier alpha value is -1.84. The zero-order valence-corrected chi connectivity index (χ0v) is 11.9. The number of fused-ring (bicyclic) bond motifs is 2. The largest absolute Gasteiger partial charge is 0.382 e. The topological polar surface area (TPSA) is 55.2 Å². The third kappa shape index (κ3) is 2.30. The molecule has 1 aromatic rings. The van der Waals surface area contributed by atoms with Crippen molar-refractivity contribution >= 4 is 11.4 Å². The van der Waals surface area contributed by atoms with Gasteiger partial charge in [0.05, 0.1) is 4.92 Å². The molecule has 2 bridgehead atoms. The second kappa shape index (κ2) is 4.93. The Morgan fingerprint density at radius 3 is 2.75 bits per heavy atom. The number of rotatable bonds is 4. The summed E-state index contributed by atoms with van der Waals surface area (Å²) in [5.74, 6) is 2.08. The zero-order valence-electron chi connectivity index (χ0n) is 11.9. The minimum Gasteiger partial charge on any atom is -0.382 e. The molecule has 0 saturated heterocycles. The number of anilines is 1. The summed E-state index contributed by atoms with van der Waals surface area (Å²) >= 11 is 0. The molecule has 20 heavy (non-hydrogen) atoms. The summed E-state index contributed by atoms with van der Waals surface area (Å²) in [6, 6.07) is 5.74. The molecule has 0 spiro atoms. The maximum absolute atomic E-state index is 11.0. The maximum Gasteiger partial charge on any atom is 0.274 e. The van der Waals surface area contributed by atoms with Gasteiger partial charge >= 0.3 is 0 Å². The number of nitro benzene ring substituents is 1. The normalized spacial score (nSPS) is 28.6. The Morgan fingerprint density at radius 1 is 1.35 bits per heavy atom. The first kappa shape index (κ1) is 13.2. The number of allylic oxidation sites excluding steroid dienone is 2. The van der Waals surface area contributed by atoms with Crippen molar-refractivity contribution in [1.29, 1.82) is 0 Å². The summed E-state index contributed by atoms with van der Waals surface area (Å²) in [6.07, 6.45) is 7.20. The SMILES string of the molecule is Cc1ccc(NC(C)C2CC3C=CC2C3)cc1[N+](=O)[O-]. The molecule has 1 N–H and O–H groups in total. The molecule has 1 saturated carbocycles. The van der Waals surface area contributed by atoms with Gasteiger partial charge in [-0.2, -0.15) is 0 Å². The number of nitrogens with zero attached hydrogens (tertiary/aromatic N) is 1. The molecule has 3 rings (SSSR count). The molecule has 0 aliphatic heterocycles. The average Bonchev–Trinajstić information content (AvgIpc) is 3.03. The van der Waals surface area contributed by atoms with Gasteiger partial charge < -0.3 is 5.32 Å². The predicted molar refractivity (Wildman–Crippen MR) is 79.8 cm³/mol. The van der Waals surface area contributed by atoms with Gasteiger partial charge in [0.25, 0.3) is 5.69 Å². The van der Waals surface area contributed by atoms with Crippen LogP contribution in [-0.2, 0) is 0 Å². The number of hydrogen-bond acceptors (Lipinski definition) is 3. The number of nitrogens with one attached hydrogen (secondary N) is 1. The average molecular weight is 272 g/mol. The Kier molecular flexibility index (Phi) is 3.24. The third-order valence-corrected chi connectivity index (χ3v) is 4.77. The molecule has 1 fully saturated rings. The lowest BCUT2D eigenvalue weighted by Gasteiger charge is -2.27. The van der Waals surface area contributed by atoms with E-state index in [4.69, 9.17) is 0 Å². The number of hydrogen-bond donors (Lipinski definition) is 1. The fourth-order valence-corrected chi connectivity index (χ4v) is 3.66. The highest BCUT2D eigenvalue weighted by Gasteiger charge is 2.38. The first-order valence-corrected chi connectivity index (χ1v) is 7.24. The van der Waals surface area contributed by atoms with Gasteiger partial charge in [-0.15, -0.1) is 0 Å². The Labute approximate surface area is 119 Å². The fraction of sp³-hybridized carbons (Fsp3) is 0.500. The summed E-state index contributed by atoms with van der Waals surface area (Å²) in [5, 5.41) is 14.4. The first-order chi connectivity index (χ1) is 9.54. The number of aryl methyl sites for hydroxylation is 1. The van der Waals surface area contributed by atoms with Crippen molar-refractivity contribution in [1.82, 2.24) is 0 Å². The molecule has 0 heterocycles. The Morgan fingerprint density at radius 2 is 2.15 bits per heavy atom. The maximum atomic E-state index is 11.0. The lowest BCUT2D eigenvalue weighted by Crippen LogP contribution is -2.28. The second-order valence-electron chi connectivity index (χ2n) is 6.14. The highest BCUT2D eigenvalue weighted by molar-refractivity contribution is 5.55. The molecule has 0 radical (unpaired) electrons. The van der Waals surface area contributed by atoms with E-state index in [1.807, 2.05) is 12.1 Å². The summed E-state index contributed by atoms with van der Waals surface area (Å²) in [7, 11) is 0. The van der Waals surface area contributed by atoms with Gasteiger partial charge in [-0.3, -0.25) is 10.1 Å². The smallest absolute Gasteiger partial charge is 0.274 e. The number of nitro groups is 1. The summed E-state index contributed by atoms with van der Waals surface area (Å²) in [4.78, 5) is 10.7. The van der Waals surface area contributed by atoms with E-state index in [1.165, 1.54) is 12.8 Å². The minimum absolute atomic E-state index is 0.190. The van der Waals surface area contributed by atoms with Crippen molar-refractivity contribution in [2.45, 2.75) is 32.7 Å². The molecular weight excluding hydrogens is 252 g/mol. The lowest BCUT2D eigenvalue weighted by molar-refractivity contribution is -0.385. The lowest BCUT2D eigenvalue weighted by atomic mass is 9.87. The van der Waals surface area contributed by atoms with Gasteiger partial charge in [0.2, 0.25) is 0 Å². The molecular formula is C16H20N2O2. The molecule has 106 valence electrons. The zero-order chi connectivity index (χ0) is 14.3.